The zero-order chi connectivity index (χ0) is 14.9. The fourth-order valence-corrected chi connectivity index (χ4v) is 2.83. The lowest BCUT2D eigenvalue weighted by molar-refractivity contribution is -0.125. The van der Waals surface area contributed by atoms with Crippen molar-refractivity contribution in [2.75, 3.05) is 11.9 Å². The second kappa shape index (κ2) is 5.36. The predicted molar refractivity (Wildman–Crippen MR) is 78.1 cm³/mol. The first-order chi connectivity index (χ1) is 10.8. The van der Waals surface area contributed by atoms with Crippen LogP contribution in [0.15, 0.2) is 28.8 Å². The molecule has 0 radical (unpaired) electrons. The summed E-state index contributed by atoms with van der Waals surface area (Å²) in [5, 5.41) is 6.81. The molecule has 2 heterocycles. The van der Waals surface area contributed by atoms with Gasteiger partial charge >= 0.3 is 0 Å². The quantitative estimate of drug-likeness (QED) is 0.921. The SMILES string of the molecule is O=C(Nc1onc2c1CCCC2)[C@H]1COc2ccccc2O1. The summed E-state index contributed by atoms with van der Waals surface area (Å²) >= 11 is 0. The number of rotatable bonds is 2. The Morgan fingerprint density at radius 3 is 2.91 bits per heavy atom. The molecule has 2 aliphatic rings. The Morgan fingerprint density at radius 2 is 2.00 bits per heavy atom. The number of carbonyl (C=O) groups excluding carboxylic acids is 1. The van der Waals surface area contributed by atoms with Crippen molar-refractivity contribution in [1.29, 1.82) is 0 Å². The molecule has 1 N–H and O–H groups in total. The smallest absolute Gasteiger partial charge is 0.271 e. The summed E-state index contributed by atoms with van der Waals surface area (Å²) in [4.78, 5) is 12.4. The maximum atomic E-state index is 12.4. The molecule has 0 fully saturated rings. The summed E-state index contributed by atoms with van der Waals surface area (Å²) in [7, 11) is 0. The number of aromatic nitrogens is 1. The van der Waals surface area contributed by atoms with E-state index in [1.54, 1.807) is 6.07 Å². The number of ether oxygens (including phenoxy) is 2. The van der Waals surface area contributed by atoms with Crippen LogP contribution in [-0.4, -0.2) is 23.8 Å². The number of benzene rings is 1. The minimum atomic E-state index is -0.695. The minimum absolute atomic E-state index is 0.180. The Bertz CT molecular complexity index is 710. The summed E-state index contributed by atoms with van der Waals surface area (Å²) in [6.07, 6.45) is 3.31. The van der Waals surface area contributed by atoms with Gasteiger partial charge in [-0.05, 0) is 37.8 Å². The van der Waals surface area contributed by atoms with Crippen LogP contribution in [0.5, 0.6) is 11.5 Å². The number of carbonyl (C=O) groups is 1. The molecule has 1 aliphatic heterocycles. The molecule has 6 nitrogen and oxygen atoms in total. The van der Waals surface area contributed by atoms with E-state index < -0.39 is 6.10 Å². The Balaban J connectivity index is 1.48. The van der Waals surface area contributed by atoms with Gasteiger partial charge in [0.15, 0.2) is 11.5 Å². The standard InChI is InChI=1S/C16H16N2O4/c19-15(14-9-20-12-7-3-4-8-13(12)21-14)17-16-10-5-1-2-6-11(10)18-22-16/h3-4,7-8,14H,1-2,5-6,9H2,(H,17,19)/t14-/m1/s1. The van der Waals surface area contributed by atoms with E-state index in [-0.39, 0.29) is 12.5 Å². The highest BCUT2D eigenvalue weighted by Crippen LogP contribution is 2.32. The van der Waals surface area contributed by atoms with Crippen molar-refractivity contribution in [3.05, 3.63) is 35.5 Å². The van der Waals surface area contributed by atoms with Crippen molar-refractivity contribution >= 4 is 11.8 Å². The molecule has 1 amide bonds. The molecule has 0 bridgehead atoms. The number of para-hydroxylation sites is 2. The lowest BCUT2D eigenvalue weighted by atomic mass is 9.98. The Morgan fingerprint density at radius 1 is 1.18 bits per heavy atom. The number of anilines is 1. The minimum Gasteiger partial charge on any atom is -0.485 e. The number of nitrogens with one attached hydrogen (secondary N) is 1. The summed E-state index contributed by atoms with van der Waals surface area (Å²) < 4.78 is 16.5. The van der Waals surface area contributed by atoms with Crippen LogP contribution in [0.2, 0.25) is 0 Å². The molecule has 4 rings (SSSR count). The molecule has 0 saturated carbocycles. The van der Waals surface area contributed by atoms with E-state index in [9.17, 15) is 4.79 Å². The average molecular weight is 300 g/mol. The molecule has 22 heavy (non-hydrogen) atoms. The van der Waals surface area contributed by atoms with Crippen molar-refractivity contribution in [2.24, 2.45) is 0 Å². The summed E-state index contributed by atoms with van der Waals surface area (Å²) in [5.74, 6) is 1.40. The monoisotopic (exact) mass is 300 g/mol. The van der Waals surface area contributed by atoms with Crippen molar-refractivity contribution in [3.8, 4) is 11.5 Å². The molecular formula is C16H16N2O4. The lowest BCUT2D eigenvalue weighted by Crippen LogP contribution is -2.40. The number of aryl methyl sites for hydroxylation is 1. The second-order valence-corrected chi connectivity index (χ2v) is 5.50. The number of hydrogen-bond acceptors (Lipinski definition) is 5. The van der Waals surface area contributed by atoms with Crippen LogP contribution in [0.3, 0.4) is 0 Å². The van der Waals surface area contributed by atoms with Crippen LogP contribution >= 0.6 is 0 Å². The topological polar surface area (TPSA) is 73.6 Å². The molecule has 2 aromatic rings. The van der Waals surface area contributed by atoms with E-state index >= 15 is 0 Å². The van der Waals surface area contributed by atoms with E-state index in [4.69, 9.17) is 14.0 Å². The predicted octanol–water partition coefficient (Wildman–Crippen LogP) is 2.33. The molecule has 1 aromatic carbocycles. The Hall–Kier alpha value is -2.50. The van der Waals surface area contributed by atoms with Crippen molar-refractivity contribution in [2.45, 2.75) is 31.8 Å². The molecule has 1 aromatic heterocycles. The fourth-order valence-electron chi connectivity index (χ4n) is 2.83. The van der Waals surface area contributed by atoms with Gasteiger partial charge in [-0.2, -0.15) is 0 Å². The maximum Gasteiger partial charge on any atom is 0.271 e. The van der Waals surface area contributed by atoms with Crippen LogP contribution < -0.4 is 14.8 Å². The van der Waals surface area contributed by atoms with E-state index in [0.717, 1.165) is 36.9 Å². The van der Waals surface area contributed by atoms with Gasteiger partial charge in [-0.15, -0.1) is 0 Å². The van der Waals surface area contributed by atoms with Crippen molar-refractivity contribution in [1.82, 2.24) is 5.16 Å². The molecule has 114 valence electrons. The number of fused-ring (bicyclic) bond motifs is 2. The number of nitrogens with zero attached hydrogens (tertiary/aromatic N) is 1. The van der Waals surface area contributed by atoms with Gasteiger partial charge in [0.1, 0.15) is 6.61 Å². The van der Waals surface area contributed by atoms with Gasteiger partial charge in [0, 0.05) is 5.56 Å². The third-order valence-electron chi connectivity index (χ3n) is 4.00. The first-order valence-electron chi connectivity index (χ1n) is 7.48. The highest BCUT2D eigenvalue weighted by Gasteiger charge is 2.29. The highest BCUT2D eigenvalue weighted by molar-refractivity contribution is 5.94. The van der Waals surface area contributed by atoms with E-state index in [2.05, 4.69) is 10.5 Å². The summed E-state index contributed by atoms with van der Waals surface area (Å²) in [6.45, 7) is 0.180. The third kappa shape index (κ3) is 2.30. The number of amides is 1. The van der Waals surface area contributed by atoms with Crippen molar-refractivity contribution < 1.29 is 18.8 Å². The van der Waals surface area contributed by atoms with Gasteiger partial charge in [-0.1, -0.05) is 17.3 Å². The molecule has 0 spiro atoms. The zero-order valence-electron chi connectivity index (χ0n) is 12.0. The molecule has 1 atom stereocenters. The fraction of sp³-hybridized carbons (Fsp3) is 0.375. The van der Waals surface area contributed by atoms with Crippen LogP contribution in [0.1, 0.15) is 24.1 Å². The summed E-state index contributed by atoms with van der Waals surface area (Å²) in [6, 6.07) is 7.31. The molecule has 0 unspecified atom stereocenters. The summed E-state index contributed by atoms with van der Waals surface area (Å²) in [5.41, 5.74) is 1.96. The van der Waals surface area contributed by atoms with E-state index in [1.807, 2.05) is 18.2 Å². The largest absolute Gasteiger partial charge is 0.485 e. The maximum absolute atomic E-state index is 12.4. The van der Waals surface area contributed by atoms with Gasteiger partial charge in [0.2, 0.25) is 12.0 Å². The van der Waals surface area contributed by atoms with E-state index in [1.165, 1.54) is 0 Å². The Kier molecular flexibility index (Phi) is 3.21. The van der Waals surface area contributed by atoms with Gasteiger partial charge in [-0.25, -0.2) is 0 Å². The second-order valence-electron chi connectivity index (χ2n) is 5.50. The van der Waals surface area contributed by atoms with Crippen LogP contribution in [0.25, 0.3) is 0 Å². The van der Waals surface area contributed by atoms with Gasteiger partial charge in [-0.3, -0.25) is 10.1 Å². The molecular weight excluding hydrogens is 284 g/mol. The van der Waals surface area contributed by atoms with Crippen molar-refractivity contribution in [3.63, 3.8) is 0 Å². The molecule has 6 heteroatoms. The first-order valence-corrected chi connectivity index (χ1v) is 7.48. The molecule has 1 aliphatic carbocycles. The van der Waals surface area contributed by atoms with Gasteiger partial charge in [0.05, 0.1) is 5.69 Å². The van der Waals surface area contributed by atoms with Crippen LogP contribution in [0.4, 0.5) is 5.88 Å². The lowest BCUT2D eigenvalue weighted by Gasteiger charge is -2.25. The molecule has 0 saturated heterocycles. The van der Waals surface area contributed by atoms with Gasteiger partial charge in [0.25, 0.3) is 5.91 Å². The normalized spacial score (nSPS) is 19.4. The van der Waals surface area contributed by atoms with Crippen LogP contribution in [-0.2, 0) is 17.6 Å². The van der Waals surface area contributed by atoms with Gasteiger partial charge < -0.3 is 14.0 Å². The highest BCUT2D eigenvalue weighted by atomic mass is 16.6. The number of hydrogen-bond donors (Lipinski definition) is 1. The zero-order valence-corrected chi connectivity index (χ0v) is 12.0. The van der Waals surface area contributed by atoms with Crippen LogP contribution in [0, 0.1) is 0 Å². The first kappa shape index (κ1) is 13.2. The van der Waals surface area contributed by atoms with E-state index in [0.29, 0.717) is 17.4 Å². The Labute approximate surface area is 127 Å². The average Bonchev–Trinajstić information content (AvgIpc) is 2.97. The third-order valence-corrected chi connectivity index (χ3v) is 4.00.